The average molecular weight is 266 g/mol. The molecule has 2 nitrogen and oxygen atoms in total. The Morgan fingerprint density at radius 2 is 1.60 bits per heavy atom. The molecule has 1 saturated heterocycles. The molecule has 0 amide bonds. The smallest absolute Gasteiger partial charge is 0.123 e. The average Bonchev–Trinajstić information content (AvgIpc) is 3.01. The van der Waals surface area contributed by atoms with Crippen molar-refractivity contribution in [3.05, 3.63) is 53.8 Å². The van der Waals surface area contributed by atoms with E-state index in [9.17, 15) is 9.65 Å². The zero-order chi connectivity index (χ0) is 13.9. The Hall–Kier alpha value is -2.34. The van der Waals surface area contributed by atoms with Crippen molar-refractivity contribution in [3.63, 3.8) is 0 Å². The van der Waals surface area contributed by atoms with Crippen molar-refractivity contribution in [2.75, 3.05) is 18.0 Å². The second kappa shape index (κ2) is 5.34. The quantitative estimate of drug-likeness (QED) is 0.822. The van der Waals surface area contributed by atoms with Gasteiger partial charge in [-0.05, 0) is 48.2 Å². The second-order valence-electron chi connectivity index (χ2n) is 5.04. The highest BCUT2D eigenvalue weighted by atomic mass is 19.1. The molecule has 0 spiro atoms. The van der Waals surface area contributed by atoms with E-state index in [2.05, 4.69) is 11.0 Å². The molecule has 100 valence electrons. The Morgan fingerprint density at radius 3 is 2.25 bits per heavy atom. The van der Waals surface area contributed by atoms with Crippen LogP contribution in [0.15, 0.2) is 42.5 Å². The molecular weight excluding hydrogens is 251 g/mol. The molecule has 0 aromatic heterocycles. The van der Waals surface area contributed by atoms with E-state index in [0.29, 0.717) is 5.56 Å². The third-order valence-corrected chi connectivity index (χ3v) is 3.74. The maximum absolute atomic E-state index is 13.0. The van der Waals surface area contributed by atoms with Crippen molar-refractivity contribution in [2.24, 2.45) is 0 Å². The fourth-order valence-electron chi connectivity index (χ4n) is 2.68. The topological polar surface area (TPSA) is 27.0 Å². The van der Waals surface area contributed by atoms with Crippen LogP contribution in [0.3, 0.4) is 0 Å². The van der Waals surface area contributed by atoms with Crippen LogP contribution in [0.4, 0.5) is 10.1 Å². The number of nitrogens with zero attached hydrogens (tertiary/aromatic N) is 2. The highest BCUT2D eigenvalue weighted by Crippen LogP contribution is 2.29. The molecule has 2 aromatic rings. The van der Waals surface area contributed by atoms with Crippen LogP contribution < -0.4 is 4.90 Å². The van der Waals surface area contributed by atoms with Gasteiger partial charge in [0.1, 0.15) is 11.9 Å². The van der Waals surface area contributed by atoms with Gasteiger partial charge in [0.15, 0.2) is 0 Å². The van der Waals surface area contributed by atoms with Gasteiger partial charge in [-0.1, -0.05) is 18.2 Å². The molecule has 0 aliphatic carbocycles. The summed E-state index contributed by atoms with van der Waals surface area (Å²) in [5.41, 5.74) is 3.57. The van der Waals surface area contributed by atoms with Crippen molar-refractivity contribution in [2.45, 2.75) is 12.8 Å². The Balaban J connectivity index is 1.98. The minimum absolute atomic E-state index is 0.247. The summed E-state index contributed by atoms with van der Waals surface area (Å²) in [7, 11) is 0. The molecule has 0 saturated carbocycles. The van der Waals surface area contributed by atoms with E-state index in [1.807, 2.05) is 18.2 Å². The number of anilines is 1. The molecule has 0 N–H and O–H groups in total. The Labute approximate surface area is 118 Å². The summed E-state index contributed by atoms with van der Waals surface area (Å²) in [6.07, 6.45) is 2.37. The normalized spacial score (nSPS) is 14.3. The van der Waals surface area contributed by atoms with Crippen LogP contribution in [0, 0.1) is 17.1 Å². The monoisotopic (exact) mass is 266 g/mol. The summed E-state index contributed by atoms with van der Waals surface area (Å²) >= 11 is 0. The molecule has 1 aliphatic rings. The van der Waals surface area contributed by atoms with E-state index in [1.165, 1.54) is 25.0 Å². The second-order valence-corrected chi connectivity index (χ2v) is 5.04. The van der Waals surface area contributed by atoms with E-state index >= 15 is 0 Å². The third kappa shape index (κ3) is 2.37. The van der Waals surface area contributed by atoms with Crippen LogP contribution in [0.5, 0.6) is 0 Å². The Kier molecular flexibility index (Phi) is 3.39. The first-order valence-corrected chi connectivity index (χ1v) is 6.83. The number of hydrogen-bond donors (Lipinski definition) is 0. The van der Waals surface area contributed by atoms with E-state index in [-0.39, 0.29) is 5.82 Å². The van der Waals surface area contributed by atoms with Crippen LogP contribution in [-0.2, 0) is 0 Å². The van der Waals surface area contributed by atoms with E-state index in [0.717, 1.165) is 29.9 Å². The van der Waals surface area contributed by atoms with Crippen molar-refractivity contribution in [1.82, 2.24) is 0 Å². The molecule has 20 heavy (non-hydrogen) atoms. The molecule has 1 fully saturated rings. The lowest BCUT2D eigenvalue weighted by Crippen LogP contribution is -2.18. The molecule has 0 radical (unpaired) electrons. The van der Waals surface area contributed by atoms with Gasteiger partial charge in [0.25, 0.3) is 0 Å². The number of nitriles is 1. The van der Waals surface area contributed by atoms with Gasteiger partial charge in [-0.15, -0.1) is 0 Å². The van der Waals surface area contributed by atoms with E-state index < -0.39 is 0 Å². The molecule has 0 bridgehead atoms. The summed E-state index contributed by atoms with van der Waals surface area (Å²) < 4.78 is 13.0. The summed E-state index contributed by atoms with van der Waals surface area (Å²) in [5.74, 6) is -0.247. The summed E-state index contributed by atoms with van der Waals surface area (Å²) in [6, 6.07) is 14.5. The van der Waals surface area contributed by atoms with Gasteiger partial charge in [0.05, 0.1) is 11.3 Å². The molecule has 3 heteroatoms. The standard InChI is InChI=1S/C17H15FN2/c18-16-6-3-13(4-7-16)14-5-8-17(15(11-14)12-19)20-9-1-2-10-20/h3-8,11H,1-2,9-10H2. The molecular formula is C17H15FN2. The number of rotatable bonds is 2. The van der Waals surface area contributed by atoms with Crippen molar-refractivity contribution < 1.29 is 4.39 Å². The first kappa shape index (κ1) is 12.7. The summed E-state index contributed by atoms with van der Waals surface area (Å²) in [5, 5.41) is 9.36. The third-order valence-electron chi connectivity index (χ3n) is 3.74. The fraction of sp³-hybridized carbons (Fsp3) is 0.235. The molecule has 1 aliphatic heterocycles. The Bertz CT molecular complexity index is 650. The predicted molar refractivity (Wildman–Crippen MR) is 78.0 cm³/mol. The highest BCUT2D eigenvalue weighted by molar-refractivity contribution is 5.71. The first-order chi connectivity index (χ1) is 9.78. The number of benzene rings is 2. The lowest BCUT2D eigenvalue weighted by atomic mass is 10.0. The number of hydrogen-bond acceptors (Lipinski definition) is 2. The lowest BCUT2D eigenvalue weighted by Gasteiger charge is -2.19. The SMILES string of the molecule is N#Cc1cc(-c2ccc(F)cc2)ccc1N1CCCC1. The van der Waals surface area contributed by atoms with Crippen molar-refractivity contribution in [1.29, 1.82) is 5.26 Å². The van der Waals surface area contributed by atoms with Gasteiger partial charge in [-0.3, -0.25) is 0 Å². The first-order valence-electron chi connectivity index (χ1n) is 6.83. The lowest BCUT2D eigenvalue weighted by molar-refractivity contribution is 0.628. The zero-order valence-electron chi connectivity index (χ0n) is 11.1. The highest BCUT2D eigenvalue weighted by Gasteiger charge is 2.16. The zero-order valence-corrected chi connectivity index (χ0v) is 11.1. The van der Waals surface area contributed by atoms with Crippen LogP contribution >= 0.6 is 0 Å². The molecule has 2 aromatic carbocycles. The summed E-state index contributed by atoms with van der Waals surface area (Å²) in [6.45, 7) is 2.04. The largest absolute Gasteiger partial charge is 0.370 e. The summed E-state index contributed by atoms with van der Waals surface area (Å²) in [4.78, 5) is 2.26. The van der Waals surface area contributed by atoms with Gasteiger partial charge in [0.2, 0.25) is 0 Å². The molecule has 0 atom stereocenters. The van der Waals surface area contributed by atoms with Gasteiger partial charge >= 0.3 is 0 Å². The van der Waals surface area contributed by atoms with Crippen molar-refractivity contribution in [3.8, 4) is 17.2 Å². The maximum Gasteiger partial charge on any atom is 0.123 e. The van der Waals surface area contributed by atoms with Crippen molar-refractivity contribution >= 4 is 5.69 Å². The van der Waals surface area contributed by atoms with Gasteiger partial charge in [-0.2, -0.15) is 5.26 Å². The molecule has 1 heterocycles. The van der Waals surface area contributed by atoms with Gasteiger partial charge in [-0.25, -0.2) is 4.39 Å². The van der Waals surface area contributed by atoms with Crippen LogP contribution in [-0.4, -0.2) is 13.1 Å². The van der Waals surface area contributed by atoms with E-state index in [1.54, 1.807) is 12.1 Å². The van der Waals surface area contributed by atoms with Gasteiger partial charge < -0.3 is 4.90 Å². The minimum atomic E-state index is -0.247. The van der Waals surface area contributed by atoms with Crippen LogP contribution in [0.25, 0.3) is 11.1 Å². The van der Waals surface area contributed by atoms with E-state index in [4.69, 9.17) is 0 Å². The predicted octanol–water partition coefficient (Wildman–Crippen LogP) is 3.96. The maximum atomic E-state index is 13.0. The minimum Gasteiger partial charge on any atom is -0.370 e. The fourth-order valence-corrected chi connectivity index (χ4v) is 2.68. The van der Waals surface area contributed by atoms with Crippen LogP contribution in [0.2, 0.25) is 0 Å². The Morgan fingerprint density at radius 1 is 0.950 bits per heavy atom. The van der Waals surface area contributed by atoms with Gasteiger partial charge in [0, 0.05) is 13.1 Å². The molecule has 3 rings (SSSR count). The van der Waals surface area contributed by atoms with Crippen LogP contribution in [0.1, 0.15) is 18.4 Å². The number of halogens is 1. The molecule has 0 unspecified atom stereocenters.